The molecule has 0 fully saturated rings. The number of aryl methyl sites for hydroxylation is 2. The highest BCUT2D eigenvalue weighted by Crippen LogP contribution is 2.44. The van der Waals surface area contributed by atoms with E-state index in [1.54, 1.807) is 14.2 Å². The number of halogens is 1. The Hall–Kier alpha value is -3.89. The number of methoxy groups -OCH3 is 2. The highest BCUT2D eigenvalue weighted by atomic mass is 79.9. The van der Waals surface area contributed by atoms with Crippen molar-refractivity contribution in [1.82, 2.24) is 4.98 Å². The van der Waals surface area contributed by atoms with E-state index in [9.17, 15) is 0 Å². The van der Waals surface area contributed by atoms with Gasteiger partial charge in [-0.1, -0.05) is 76.6 Å². The minimum Gasteiger partial charge on any atom is -0.496 e. The Morgan fingerprint density at radius 1 is 0.780 bits per heavy atom. The fraction of sp³-hybridized carbons (Fsp3) is 0.216. The molecule has 0 aliphatic heterocycles. The third-order valence-electron chi connectivity index (χ3n) is 8.34. The summed E-state index contributed by atoms with van der Waals surface area (Å²) in [6.45, 7) is 0. The number of aromatic nitrogens is 1. The summed E-state index contributed by atoms with van der Waals surface area (Å²) in [6.07, 6.45) is 9.65. The first-order valence-corrected chi connectivity index (χ1v) is 15.1. The number of hydrogen-bond donors (Lipinski definition) is 0. The van der Waals surface area contributed by atoms with Gasteiger partial charge in [-0.2, -0.15) is 0 Å². The summed E-state index contributed by atoms with van der Waals surface area (Å²) >= 11 is 3.54. The molecule has 0 amide bonds. The van der Waals surface area contributed by atoms with Crippen molar-refractivity contribution >= 4 is 48.2 Å². The second-order valence-electron chi connectivity index (χ2n) is 10.7. The molecule has 1 aliphatic carbocycles. The maximum absolute atomic E-state index is 5.83. The van der Waals surface area contributed by atoms with E-state index in [0.717, 1.165) is 34.2 Å². The summed E-state index contributed by atoms with van der Waals surface area (Å²) in [5, 5.41) is 7.34. The van der Waals surface area contributed by atoms with Crippen LogP contribution in [-0.4, -0.2) is 19.2 Å². The minimum atomic E-state index is 0.615. The molecule has 1 aromatic heterocycles. The molecule has 6 aromatic rings. The van der Waals surface area contributed by atoms with Crippen LogP contribution in [0.1, 0.15) is 41.9 Å². The van der Waals surface area contributed by atoms with Gasteiger partial charge in [0.2, 0.25) is 0 Å². The van der Waals surface area contributed by atoms with Gasteiger partial charge in [-0.25, -0.2) is 0 Å². The van der Waals surface area contributed by atoms with Crippen LogP contribution in [0.25, 0.3) is 32.3 Å². The van der Waals surface area contributed by atoms with Crippen LogP contribution < -0.4 is 9.47 Å². The Morgan fingerprint density at radius 3 is 2.37 bits per heavy atom. The van der Waals surface area contributed by atoms with Crippen LogP contribution in [0.5, 0.6) is 11.5 Å². The van der Waals surface area contributed by atoms with Crippen molar-refractivity contribution in [2.75, 3.05) is 14.2 Å². The molecule has 5 aromatic carbocycles. The van der Waals surface area contributed by atoms with Crippen molar-refractivity contribution < 1.29 is 9.47 Å². The molecule has 0 N–H and O–H groups in total. The van der Waals surface area contributed by atoms with E-state index in [1.165, 1.54) is 62.9 Å². The molecule has 206 valence electrons. The molecule has 0 spiro atoms. The van der Waals surface area contributed by atoms with Gasteiger partial charge in [0.1, 0.15) is 11.5 Å². The molecule has 1 heterocycles. The summed E-state index contributed by atoms with van der Waals surface area (Å²) in [6, 6.07) is 32.1. The molecular formula is C37H34BrNO2. The summed E-state index contributed by atoms with van der Waals surface area (Å²) < 4.78 is 12.6. The molecule has 0 saturated carbocycles. The highest BCUT2D eigenvalue weighted by molar-refractivity contribution is 9.10. The van der Waals surface area contributed by atoms with Crippen molar-refractivity contribution in [3.05, 3.63) is 125 Å². The molecule has 1 aliphatic rings. The Bertz CT molecular complexity index is 1750. The smallest absolute Gasteiger partial charge is 0.131 e. The molecule has 0 unspecified atom stereocenters. The van der Waals surface area contributed by atoms with E-state index < -0.39 is 0 Å². The molecule has 0 radical (unpaired) electrons. The van der Waals surface area contributed by atoms with Crippen molar-refractivity contribution in [2.24, 2.45) is 0 Å². The van der Waals surface area contributed by atoms with Crippen molar-refractivity contribution in [1.29, 1.82) is 0 Å². The maximum atomic E-state index is 5.83. The third kappa shape index (κ3) is 5.67. The van der Waals surface area contributed by atoms with Crippen LogP contribution in [-0.2, 0) is 12.8 Å². The zero-order valence-corrected chi connectivity index (χ0v) is 25.2. The minimum absolute atomic E-state index is 0.615. The van der Waals surface area contributed by atoms with Crippen molar-refractivity contribution in [3.8, 4) is 11.5 Å². The Balaban J connectivity index is 0.000000253. The average Bonchev–Trinajstić information content (AvgIpc) is 3.03. The fourth-order valence-corrected chi connectivity index (χ4v) is 6.55. The van der Waals surface area contributed by atoms with E-state index in [0.29, 0.717) is 5.92 Å². The van der Waals surface area contributed by atoms with Crippen LogP contribution in [0.3, 0.4) is 0 Å². The molecule has 3 nitrogen and oxygen atoms in total. The molecule has 4 heteroatoms. The number of nitrogens with zero attached hydrogens (tertiary/aromatic N) is 1. The predicted octanol–water partition coefficient (Wildman–Crippen LogP) is 10.1. The third-order valence-corrected chi connectivity index (χ3v) is 8.86. The largest absolute Gasteiger partial charge is 0.496 e. The molecule has 1 atom stereocenters. The number of pyridine rings is 1. The van der Waals surface area contributed by atoms with Crippen molar-refractivity contribution in [2.45, 2.75) is 38.0 Å². The first-order valence-electron chi connectivity index (χ1n) is 14.3. The predicted molar refractivity (Wildman–Crippen MR) is 174 cm³/mol. The van der Waals surface area contributed by atoms with Gasteiger partial charge in [0.15, 0.2) is 0 Å². The molecule has 0 bridgehead atoms. The summed E-state index contributed by atoms with van der Waals surface area (Å²) in [4.78, 5) is 4.01. The lowest BCUT2D eigenvalue weighted by Crippen LogP contribution is -2.11. The lowest BCUT2D eigenvalue weighted by molar-refractivity contribution is 0.405. The summed E-state index contributed by atoms with van der Waals surface area (Å²) in [5.41, 5.74) is 4.45. The Morgan fingerprint density at radius 2 is 1.59 bits per heavy atom. The normalized spacial score (nSPS) is 14.4. The SMILES string of the molecule is COc1cccc2c1c(OC)cc1c3c(ccc12)[C@H](CCc1ccc(Br)cc1)CCC3.c1ccc2cnccc2c1. The molecule has 41 heavy (non-hydrogen) atoms. The van der Waals surface area contributed by atoms with Crippen molar-refractivity contribution in [3.63, 3.8) is 0 Å². The molecule has 7 rings (SSSR count). The number of benzene rings is 5. The van der Waals surface area contributed by atoms with E-state index in [-0.39, 0.29) is 0 Å². The van der Waals surface area contributed by atoms with E-state index in [1.807, 2.05) is 36.7 Å². The zero-order chi connectivity index (χ0) is 28.2. The first-order chi connectivity index (χ1) is 20.2. The second kappa shape index (κ2) is 12.3. The zero-order valence-electron chi connectivity index (χ0n) is 23.6. The summed E-state index contributed by atoms with van der Waals surface area (Å²) in [7, 11) is 3.48. The lowest BCUT2D eigenvalue weighted by Gasteiger charge is -2.27. The maximum Gasteiger partial charge on any atom is 0.131 e. The van der Waals surface area contributed by atoms with Gasteiger partial charge < -0.3 is 9.47 Å². The van der Waals surface area contributed by atoms with Gasteiger partial charge in [-0.3, -0.25) is 4.98 Å². The Kier molecular flexibility index (Phi) is 8.20. The van der Waals surface area contributed by atoms with Crippen LogP contribution in [0, 0.1) is 0 Å². The number of hydrogen-bond acceptors (Lipinski definition) is 3. The lowest BCUT2D eigenvalue weighted by atomic mass is 9.77. The van der Waals surface area contributed by atoms with Gasteiger partial charge in [0.05, 0.1) is 19.6 Å². The van der Waals surface area contributed by atoms with Gasteiger partial charge in [-0.05, 0) is 112 Å². The Labute approximate surface area is 250 Å². The standard InChI is InChI=1S/C28H27BrO2.C9H7N/c1-30-26-8-4-7-24-23-16-15-21-19(12-9-18-10-13-20(29)14-11-18)5-3-6-22(21)25(23)17-27(31-2)28(24)26;1-2-4-9-7-10-6-5-8(9)3-1/h4,7-8,10-11,13-17,19H,3,5-6,9,12H2,1-2H3;1-7H/t19-;/m0./s1. The number of rotatable bonds is 5. The van der Waals surface area contributed by atoms with Crippen LogP contribution in [0.2, 0.25) is 0 Å². The van der Waals surface area contributed by atoms with Gasteiger partial charge in [0.25, 0.3) is 0 Å². The summed E-state index contributed by atoms with van der Waals surface area (Å²) in [5.74, 6) is 2.37. The highest BCUT2D eigenvalue weighted by Gasteiger charge is 2.23. The monoisotopic (exact) mass is 603 g/mol. The van der Waals surface area contributed by atoms with Crippen LogP contribution >= 0.6 is 15.9 Å². The van der Waals surface area contributed by atoms with Gasteiger partial charge in [-0.15, -0.1) is 0 Å². The van der Waals surface area contributed by atoms with E-state index >= 15 is 0 Å². The van der Waals surface area contributed by atoms with Gasteiger partial charge in [0, 0.05) is 16.9 Å². The second-order valence-corrected chi connectivity index (χ2v) is 11.6. The van der Waals surface area contributed by atoms with E-state index in [2.05, 4.69) is 87.6 Å². The molecule has 0 saturated heterocycles. The fourth-order valence-electron chi connectivity index (χ4n) is 6.29. The number of fused-ring (bicyclic) bond motifs is 6. The first kappa shape index (κ1) is 27.3. The van der Waals surface area contributed by atoms with Gasteiger partial charge >= 0.3 is 0 Å². The van der Waals surface area contributed by atoms with Crippen LogP contribution in [0.4, 0.5) is 0 Å². The number of ether oxygens (including phenoxy) is 2. The van der Waals surface area contributed by atoms with E-state index in [4.69, 9.17) is 9.47 Å². The molecular weight excluding hydrogens is 570 g/mol. The average molecular weight is 605 g/mol. The quantitative estimate of drug-likeness (QED) is 0.184. The topological polar surface area (TPSA) is 31.4 Å². The van der Waals surface area contributed by atoms with Crippen LogP contribution in [0.15, 0.2) is 108 Å².